The molecule has 1 aromatic carbocycles. The van der Waals surface area contributed by atoms with Gasteiger partial charge in [-0.15, -0.1) is 5.10 Å². The normalized spacial score (nSPS) is 9.89. The molecule has 0 bridgehead atoms. The topological polar surface area (TPSA) is 64.1 Å². The Morgan fingerprint density at radius 1 is 1.22 bits per heavy atom. The Bertz CT molecular complexity index is 563. The van der Waals surface area contributed by atoms with Crippen LogP contribution in [0.3, 0.4) is 0 Å². The Morgan fingerprint density at radius 3 is 2.67 bits per heavy atom. The number of nitrogens with zero attached hydrogens (tertiary/aromatic N) is 2. The van der Waals surface area contributed by atoms with Gasteiger partial charge in [0, 0.05) is 5.69 Å². The first-order chi connectivity index (χ1) is 8.66. The first kappa shape index (κ1) is 12.6. The number of para-hydroxylation sites is 1. The Labute approximate surface area is 113 Å². The smallest absolute Gasteiger partial charge is 0.388 e. The summed E-state index contributed by atoms with van der Waals surface area (Å²) in [4.78, 5) is 11.5. The number of halogens is 2. The van der Waals surface area contributed by atoms with E-state index in [1.807, 2.05) is 6.07 Å². The number of rotatable bonds is 2. The predicted molar refractivity (Wildman–Crippen MR) is 68.1 cm³/mol. The number of carbonyl (C=O) groups excluding carboxylic acids is 1. The van der Waals surface area contributed by atoms with E-state index in [9.17, 15) is 4.79 Å². The molecule has 0 aliphatic carbocycles. The van der Waals surface area contributed by atoms with Crippen molar-refractivity contribution in [2.24, 2.45) is 0 Å². The minimum absolute atomic E-state index is 0.0369. The Kier molecular flexibility index (Phi) is 3.96. The molecular formula is C11H7Cl2N3O2. The first-order valence-corrected chi connectivity index (χ1v) is 5.63. The van der Waals surface area contributed by atoms with E-state index in [4.69, 9.17) is 27.9 Å². The van der Waals surface area contributed by atoms with Crippen LogP contribution in [-0.4, -0.2) is 16.3 Å². The fourth-order valence-electron chi connectivity index (χ4n) is 1.15. The lowest BCUT2D eigenvalue weighted by atomic mass is 10.3. The van der Waals surface area contributed by atoms with Gasteiger partial charge in [-0.1, -0.05) is 41.4 Å². The van der Waals surface area contributed by atoms with Crippen molar-refractivity contribution >= 4 is 35.0 Å². The molecule has 0 spiro atoms. The maximum absolute atomic E-state index is 11.5. The molecule has 18 heavy (non-hydrogen) atoms. The highest BCUT2D eigenvalue weighted by atomic mass is 35.5. The number of anilines is 1. The molecule has 0 aliphatic heterocycles. The molecule has 1 N–H and O–H groups in total. The summed E-state index contributed by atoms with van der Waals surface area (Å²) in [7, 11) is 0. The quantitative estimate of drug-likeness (QED) is 0.918. The number of nitrogens with one attached hydrogen (secondary N) is 1. The molecule has 7 heteroatoms. The molecule has 0 atom stereocenters. The van der Waals surface area contributed by atoms with Crippen molar-refractivity contribution in [2.75, 3.05) is 5.32 Å². The Hall–Kier alpha value is -1.85. The third-order valence-electron chi connectivity index (χ3n) is 1.93. The first-order valence-electron chi connectivity index (χ1n) is 4.87. The SMILES string of the molecule is O=C(Nc1ccccc1)Oc1nncc(Cl)c1Cl. The van der Waals surface area contributed by atoms with Crippen molar-refractivity contribution in [3.05, 3.63) is 46.6 Å². The standard InChI is InChI=1S/C11H7Cl2N3O2/c12-8-6-14-16-10(9(8)13)18-11(17)15-7-4-2-1-3-5-7/h1-6H,(H,15,17). The van der Waals surface area contributed by atoms with Crippen molar-refractivity contribution in [1.29, 1.82) is 0 Å². The van der Waals surface area contributed by atoms with Gasteiger partial charge < -0.3 is 4.74 Å². The van der Waals surface area contributed by atoms with Gasteiger partial charge in [0.25, 0.3) is 5.88 Å². The van der Waals surface area contributed by atoms with Crippen molar-refractivity contribution in [3.63, 3.8) is 0 Å². The number of aromatic nitrogens is 2. The van der Waals surface area contributed by atoms with Gasteiger partial charge in [0.2, 0.25) is 0 Å². The molecule has 5 nitrogen and oxygen atoms in total. The van der Waals surface area contributed by atoms with Crippen molar-refractivity contribution in [1.82, 2.24) is 10.2 Å². The van der Waals surface area contributed by atoms with Gasteiger partial charge in [0.05, 0.1) is 11.2 Å². The second-order valence-electron chi connectivity index (χ2n) is 3.19. The fraction of sp³-hybridized carbons (Fsp3) is 0. The van der Waals surface area contributed by atoms with Crippen LogP contribution in [0.1, 0.15) is 0 Å². The van der Waals surface area contributed by atoms with E-state index < -0.39 is 6.09 Å². The minimum atomic E-state index is -0.723. The van der Waals surface area contributed by atoms with Crippen molar-refractivity contribution < 1.29 is 9.53 Å². The van der Waals surface area contributed by atoms with E-state index in [0.29, 0.717) is 5.69 Å². The molecular weight excluding hydrogens is 277 g/mol. The van der Waals surface area contributed by atoms with Crippen LogP contribution in [0.25, 0.3) is 0 Å². The molecule has 0 saturated carbocycles. The molecule has 0 fully saturated rings. The Morgan fingerprint density at radius 2 is 1.94 bits per heavy atom. The summed E-state index contributed by atoms with van der Waals surface area (Å²) < 4.78 is 4.89. The maximum atomic E-state index is 11.5. The molecule has 1 heterocycles. The van der Waals surface area contributed by atoms with Crippen molar-refractivity contribution in [2.45, 2.75) is 0 Å². The monoisotopic (exact) mass is 283 g/mol. The van der Waals surface area contributed by atoms with E-state index >= 15 is 0 Å². The fourth-order valence-corrected chi connectivity index (χ4v) is 1.40. The summed E-state index contributed by atoms with van der Waals surface area (Å²) in [6.45, 7) is 0. The van der Waals surface area contributed by atoms with Crippen LogP contribution in [0.2, 0.25) is 10.0 Å². The second kappa shape index (κ2) is 5.66. The summed E-state index contributed by atoms with van der Waals surface area (Å²) in [6, 6.07) is 8.82. The summed E-state index contributed by atoms with van der Waals surface area (Å²) in [5.74, 6) is -0.141. The van der Waals surface area contributed by atoms with Gasteiger partial charge in [-0.2, -0.15) is 5.10 Å². The Balaban J connectivity index is 2.06. The highest BCUT2D eigenvalue weighted by Crippen LogP contribution is 2.28. The summed E-state index contributed by atoms with van der Waals surface area (Å²) in [5.41, 5.74) is 0.591. The third-order valence-corrected chi connectivity index (χ3v) is 2.68. The number of hydrogen-bond acceptors (Lipinski definition) is 4. The van der Waals surface area contributed by atoms with E-state index in [0.717, 1.165) is 0 Å². The highest BCUT2D eigenvalue weighted by Gasteiger charge is 2.12. The van der Waals surface area contributed by atoms with E-state index in [2.05, 4.69) is 15.5 Å². The van der Waals surface area contributed by atoms with Gasteiger partial charge in [0.15, 0.2) is 0 Å². The molecule has 0 aliphatic rings. The lowest BCUT2D eigenvalue weighted by Crippen LogP contribution is -2.17. The van der Waals surface area contributed by atoms with Crippen LogP contribution < -0.4 is 10.1 Å². The average molecular weight is 284 g/mol. The predicted octanol–water partition coefficient (Wildman–Crippen LogP) is 3.39. The summed E-state index contributed by atoms with van der Waals surface area (Å²) >= 11 is 11.5. The van der Waals surface area contributed by atoms with E-state index in [1.54, 1.807) is 24.3 Å². The molecule has 1 aromatic heterocycles. The molecule has 1 amide bonds. The van der Waals surface area contributed by atoms with Crippen LogP contribution in [0.15, 0.2) is 36.5 Å². The minimum Gasteiger partial charge on any atom is -0.388 e. The average Bonchev–Trinajstić information content (AvgIpc) is 2.36. The summed E-state index contributed by atoms with van der Waals surface area (Å²) in [6.07, 6.45) is 0.533. The maximum Gasteiger partial charge on any atom is 0.418 e. The molecule has 2 aromatic rings. The van der Waals surface area contributed by atoms with Crippen molar-refractivity contribution in [3.8, 4) is 5.88 Å². The van der Waals surface area contributed by atoms with Gasteiger partial charge in [-0.25, -0.2) is 4.79 Å². The van der Waals surface area contributed by atoms with Gasteiger partial charge >= 0.3 is 6.09 Å². The zero-order valence-corrected chi connectivity index (χ0v) is 10.4. The molecule has 92 valence electrons. The molecule has 0 saturated heterocycles. The lowest BCUT2D eigenvalue weighted by Gasteiger charge is -2.06. The number of amides is 1. The van der Waals surface area contributed by atoms with Gasteiger partial charge in [-0.3, -0.25) is 5.32 Å². The van der Waals surface area contributed by atoms with Gasteiger partial charge in [-0.05, 0) is 12.1 Å². The van der Waals surface area contributed by atoms with Crippen LogP contribution in [0, 0.1) is 0 Å². The number of ether oxygens (including phenoxy) is 1. The van der Waals surface area contributed by atoms with Crippen LogP contribution in [0.5, 0.6) is 5.88 Å². The lowest BCUT2D eigenvalue weighted by molar-refractivity contribution is 0.213. The largest absolute Gasteiger partial charge is 0.418 e. The van der Waals surface area contributed by atoms with Crippen LogP contribution in [-0.2, 0) is 0 Å². The zero-order chi connectivity index (χ0) is 13.0. The molecule has 0 radical (unpaired) electrons. The van der Waals surface area contributed by atoms with E-state index in [-0.39, 0.29) is 15.9 Å². The number of benzene rings is 1. The molecule has 2 rings (SSSR count). The number of hydrogen-bond donors (Lipinski definition) is 1. The van der Waals surface area contributed by atoms with Crippen LogP contribution >= 0.6 is 23.2 Å². The molecule has 0 unspecified atom stereocenters. The van der Waals surface area contributed by atoms with E-state index in [1.165, 1.54) is 6.20 Å². The van der Waals surface area contributed by atoms with Gasteiger partial charge in [0.1, 0.15) is 5.02 Å². The third kappa shape index (κ3) is 3.09. The zero-order valence-electron chi connectivity index (χ0n) is 8.93. The number of carbonyl (C=O) groups is 1. The second-order valence-corrected chi connectivity index (χ2v) is 3.98. The summed E-state index contributed by atoms with van der Waals surface area (Å²) in [5, 5.41) is 9.81. The van der Waals surface area contributed by atoms with Crippen LogP contribution in [0.4, 0.5) is 10.5 Å². The highest BCUT2D eigenvalue weighted by molar-refractivity contribution is 6.42.